The van der Waals surface area contributed by atoms with Gasteiger partial charge in [0.1, 0.15) is 0 Å². The Balaban J connectivity index is 0.00000242. The average Bonchev–Trinajstić information content (AvgIpc) is 2.54. The van der Waals surface area contributed by atoms with Crippen LogP contribution >= 0.6 is 24.0 Å². The molecule has 1 heterocycles. The Bertz CT molecular complexity index is 590. The van der Waals surface area contributed by atoms with Gasteiger partial charge in [-0.15, -0.1) is 24.0 Å². The molecule has 2 rings (SSSR count). The molecule has 0 saturated heterocycles. The zero-order valence-electron chi connectivity index (χ0n) is 12.5. The van der Waals surface area contributed by atoms with Gasteiger partial charge in [-0.2, -0.15) is 0 Å². The molecule has 0 aliphatic rings. The first-order valence-electron chi connectivity index (χ1n) is 6.85. The largest absolute Gasteiger partial charge is 0.481 e. The van der Waals surface area contributed by atoms with Gasteiger partial charge >= 0.3 is 0 Å². The molecule has 1 aromatic heterocycles. The van der Waals surface area contributed by atoms with Crippen LogP contribution in [0.5, 0.6) is 5.88 Å². The predicted molar refractivity (Wildman–Crippen MR) is 99.7 cm³/mol. The number of aromatic nitrogens is 1. The van der Waals surface area contributed by atoms with E-state index in [1.165, 1.54) is 5.56 Å². The van der Waals surface area contributed by atoms with Crippen LogP contribution in [0, 0.1) is 0 Å². The lowest BCUT2D eigenvalue weighted by Crippen LogP contribution is -2.33. The number of nitrogens with zero attached hydrogens (tertiary/aromatic N) is 2. The van der Waals surface area contributed by atoms with Crippen LogP contribution in [0.4, 0.5) is 0 Å². The fourth-order valence-corrected chi connectivity index (χ4v) is 1.93. The Labute approximate surface area is 148 Å². The summed E-state index contributed by atoms with van der Waals surface area (Å²) >= 11 is 0. The molecule has 6 heteroatoms. The summed E-state index contributed by atoms with van der Waals surface area (Å²) in [6.45, 7) is 1.20. The monoisotopic (exact) mass is 412 g/mol. The second-order valence-electron chi connectivity index (χ2n) is 4.54. The Morgan fingerprint density at radius 3 is 2.73 bits per heavy atom. The summed E-state index contributed by atoms with van der Waals surface area (Å²) in [7, 11) is 1.59. The minimum Gasteiger partial charge on any atom is -0.481 e. The second kappa shape index (κ2) is 9.99. The minimum absolute atomic E-state index is 0. The topological polar surface area (TPSA) is 72.5 Å². The fourth-order valence-electron chi connectivity index (χ4n) is 1.93. The molecule has 0 radical (unpaired) electrons. The second-order valence-corrected chi connectivity index (χ2v) is 4.54. The summed E-state index contributed by atoms with van der Waals surface area (Å²) in [5, 5.41) is 3.11. The summed E-state index contributed by atoms with van der Waals surface area (Å²) in [4.78, 5) is 8.42. The maximum absolute atomic E-state index is 5.85. The molecule has 0 aliphatic carbocycles. The van der Waals surface area contributed by atoms with E-state index in [2.05, 4.69) is 27.4 Å². The maximum Gasteiger partial charge on any atom is 0.218 e. The van der Waals surface area contributed by atoms with E-state index in [0.29, 0.717) is 18.4 Å². The van der Waals surface area contributed by atoms with Crippen molar-refractivity contribution in [3.8, 4) is 5.88 Å². The summed E-state index contributed by atoms with van der Waals surface area (Å²) in [6.07, 6.45) is 2.60. The van der Waals surface area contributed by atoms with E-state index in [0.717, 1.165) is 18.5 Å². The number of benzene rings is 1. The van der Waals surface area contributed by atoms with Crippen molar-refractivity contribution >= 4 is 29.9 Å². The van der Waals surface area contributed by atoms with Crippen LogP contribution in [0.2, 0.25) is 0 Å². The molecular formula is C16H21IN4O. The lowest BCUT2D eigenvalue weighted by Gasteiger charge is -2.07. The molecule has 0 saturated carbocycles. The molecular weight excluding hydrogens is 391 g/mol. The lowest BCUT2D eigenvalue weighted by molar-refractivity contribution is 0.392. The molecule has 118 valence electrons. The van der Waals surface area contributed by atoms with Gasteiger partial charge in [-0.05, 0) is 18.1 Å². The smallest absolute Gasteiger partial charge is 0.218 e. The number of nitrogens with one attached hydrogen (secondary N) is 1. The number of rotatable bonds is 6. The van der Waals surface area contributed by atoms with Gasteiger partial charge < -0.3 is 15.8 Å². The molecule has 5 nitrogen and oxygen atoms in total. The summed E-state index contributed by atoms with van der Waals surface area (Å²) in [5.74, 6) is 1.01. The average molecular weight is 412 g/mol. The number of guanidine groups is 1. The third-order valence-corrected chi connectivity index (χ3v) is 3.03. The summed E-state index contributed by atoms with van der Waals surface area (Å²) < 4.78 is 5.17. The number of methoxy groups -OCH3 is 1. The molecule has 0 amide bonds. The maximum atomic E-state index is 5.85. The van der Waals surface area contributed by atoms with Crippen LogP contribution in [0.1, 0.15) is 11.1 Å². The molecule has 3 N–H and O–H groups in total. The Morgan fingerprint density at radius 2 is 2.00 bits per heavy atom. The first kappa shape index (κ1) is 18.2. The highest BCUT2D eigenvalue weighted by molar-refractivity contribution is 14.0. The van der Waals surface area contributed by atoms with Gasteiger partial charge in [0.25, 0.3) is 0 Å². The number of pyridine rings is 1. The molecule has 0 aliphatic heterocycles. The summed E-state index contributed by atoms with van der Waals surface area (Å²) in [6, 6.07) is 14.0. The van der Waals surface area contributed by atoms with Crippen molar-refractivity contribution in [3.63, 3.8) is 0 Å². The van der Waals surface area contributed by atoms with E-state index >= 15 is 0 Å². The van der Waals surface area contributed by atoms with Gasteiger partial charge in [0, 0.05) is 18.3 Å². The van der Waals surface area contributed by atoms with E-state index in [-0.39, 0.29) is 24.0 Å². The lowest BCUT2D eigenvalue weighted by atomic mass is 10.1. The number of hydrogen-bond donors (Lipinski definition) is 2. The van der Waals surface area contributed by atoms with E-state index in [1.54, 1.807) is 13.3 Å². The molecule has 2 aromatic rings. The van der Waals surface area contributed by atoms with Crippen LogP contribution < -0.4 is 15.8 Å². The first-order valence-corrected chi connectivity index (χ1v) is 6.85. The molecule has 0 unspecified atom stereocenters. The van der Waals surface area contributed by atoms with Crippen molar-refractivity contribution in [2.45, 2.75) is 13.0 Å². The standard InChI is InChI=1S/C16H20N4O.HI/c1-21-15-14(8-5-10-18-15)12-20-16(17)19-11-9-13-6-3-2-4-7-13;/h2-8,10H,9,11-12H2,1H3,(H3,17,19,20);1H. The van der Waals surface area contributed by atoms with Crippen LogP contribution in [-0.4, -0.2) is 24.6 Å². The van der Waals surface area contributed by atoms with E-state index in [4.69, 9.17) is 10.5 Å². The Kier molecular flexibility index (Phi) is 8.27. The van der Waals surface area contributed by atoms with Gasteiger partial charge in [0.05, 0.1) is 13.7 Å². The van der Waals surface area contributed by atoms with Crippen LogP contribution in [0.25, 0.3) is 0 Å². The van der Waals surface area contributed by atoms with Crippen LogP contribution in [0.3, 0.4) is 0 Å². The van der Waals surface area contributed by atoms with Crippen molar-refractivity contribution in [1.29, 1.82) is 0 Å². The molecule has 22 heavy (non-hydrogen) atoms. The number of aliphatic imine (C=N–C) groups is 1. The van der Waals surface area contributed by atoms with Gasteiger partial charge in [0.2, 0.25) is 5.88 Å². The third-order valence-electron chi connectivity index (χ3n) is 3.03. The first-order chi connectivity index (χ1) is 10.3. The van der Waals surface area contributed by atoms with E-state index < -0.39 is 0 Å². The van der Waals surface area contributed by atoms with Crippen molar-refractivity contribution < 1.29 is 4.74 Å². The van der Waals surface area contributed by atoms with Gasteiger partial charge in [0.15, 0.2) is 5.96 Å². The molecule has 1 aromatic carbocycles. The Morgan fingerprint density at radius 1 is 1.23 bits per heavy atom. The number of halogens is 1. The van der Waals surface area contributed by atoms with E-state index in [9.17, 15) is 0 Å². The van der Waals surface area contributed by atoms with Gasteiger partial charge in [-0.3, -0.25) is 0 Å². The van der Waals surface area contributed by atoms with Gasteiger partial charge in [-0.1, -0.05) is 36.4 Å². The molecule has 0 atom stereocenters. The van der Waals surface area contributed by atoms with Crippen LogP contribution in [0.15, 0.2) is 53.7 Å². The van der Waals surface area contributed by atoms with Gasteiger partial charge in [-0.25, -0.2) is 9.98 Å². The SMILES string of the molecule is COc1ncccc1CN=C(N)NCCc1ccccc1.I. The van der Waals surface area contributed by atoms with E-state index in [1.807, 2.05) is 30.3 Å². The zero-order valence-corrected chi connectivity index (χ0v) is 14.9. The Hall–Kier alpha value is -1.83. The van der Waals surface area contributed by atoms with Crippen molar-refractivity contribution in [2.24, 2.45) is 10.7 Å². The van der Waals surface area contributed by atoms with Crippen molar-refractivity contribution in [3.05, 3.63) is 59.8 Å². The van der Waals surface area contributed by atoms with Crippen molar-refractivity contribution in [2.75, 3.05) is 13.7 Å². The molecule has 0 spiro atoms. The zero-order chi connectivity index (χ0) is 14.9. The molecule has 0 bridgehead atoms. The highest BCUT2D eigenvalue weighted by Gasteiger charge is 2.02. The highest BCUT2D eigenvalue weighted by atomic mass is 127. The van der Waals surface area contributed by atoms with Crippen molar-refractivity contribution in [1.82, 2.24) is 10.3 Å². The minimum atomic E-state index is 0. The normalized spacial score (nSPS) is 10.7. The predicted octanol–water partition coefficient (Wildman–Crippen LogP) is 2.36. The number of ether oxygens (including phenoxy) is 1. The third kappa shape index (κ3) is 5.88. The van der Waals surface area contributed by atoms with Crippen LogP contribution in [-0.2, 0) is 13.0 Å². The fraction of sp³-hybridized carbons (Fsp3) is 0.250. The highest BCUT2D eigenvalue weighted by Crippen LogP contribution is 2.14. The number of hydrogen-bond acceptors (Lipinski definition) is 3. The molecule has 0 fully saturated rings. The quantitative estimate of drug-likeness (QED) is 0.434. The number of nitrogens with two attached hydrogens (primary N) is 1. The summed E-state index contributed by atoms with van der Waals surface area (Å²) in [5.41, 5.74) is 8.04.